The topological polar surface area (TPSA) is 67.2 Å². The van der Waals surface area contributed by atoms with Crippen molar-refractivity contribution in [2.45, 2.75) is 24.3 Å². The van der Waals surface area contributed by atoms with Gasteiger partial charge in [-0.15, -0.1) is 0 Å². The largest absolute Gasteiger partial charge is 0.502 e. The van der Waals surface area contributed by atoms with Crippen LogP contribution in [0.3, 0.4) is 0 Å². The molecule has 6 nitrogen and oxygen atoms in total. The van der Waals surface area contributed by atoms with Crippen LogP contribution in [0.4, 0.5) is 0 Å². The highest BCUT2D eigenvalue weighted by Gasteiger charge is 2.44. The molecular formula is C19H21N3O3S. The second-order valence-electron chi connectivity index (χ2n) is 6.41. The Morgan fingerprint density at radius 3 is 2.54 bits per heavy atom. The van der Waals surface area contributed by atoms with Gasteiger partial charge in [-0.3, -0.25) is 9.98 Å². The summed E-state index contributed by atoms with van der Waals surface area (Å²) in [5.41, 5.74) is 1.92. The Hall–Kier alpha value is -2.41. The number of thioether (sulfide) groups is 1. The Kier molecular flexibility index (Phi) is 4.40. The highest BCUT2D eigenvalue weighted by Crippen LogP contribution is 2.50. The molecule has 136 valence electrons. The lowest BCUT2D eigenvalue weighted by Gasteiger charge is -2.28. The number of aliphatic imine (C=N–C) groups is 1. The molecule has 1 saturated heterocycles. The van der Waals surface area contributed by atoms with E-state index in [4.69, 9.17) is 14.5 Å². The average molecular weight is 371 g/mol. The van der Waals surface area contributed by atoms with Gasteiger partial charge in [0.25, 0.3) is 0 Å². The zero-order chi connectivity index (χ0) is 18.3. The number of rotatable bonds is 4. The van der Waals surface area contributed by atoms with Crippen molar-refractivity contribution in [3.8, 4) is 17.2 Å². The van der Waals surface area contributed by atoms with Crippen molar-refractivity contribution in [1.29, 1.82) is 0 Å². The maximum Gasteiger partial charge on any atom is 0.200 e. The summed E-state index contributed by atoms with van der Waals surface area (Å²) < 4.78 is 10.7. The molecule has 1 aromatic carbocycles. The summed E-state index contributed by atoms with van der Waals surface area (Å²) in [5.74, 6) is 0.802. The number of fused-ring (bicyclic) bond motifs is 1. The van der Waals surface area contributed by atoms with E-state index in [0.29, 0.717) is 16.7 Å². The number of ether oxygens (including phenoxy) is 2. The molecule has 3 heterocycles. The highest BCUT2D eigenvalue weighted by atomic mass is 32.2. The van der Waals surface area contributed by atoms with E-state index in [1.165, 1.54) is 0 Å². The first-order valence-corrected chi connectivity index (χ1v) is 9.37. The number of hydrogen-bond acceptors (Lipinski definition) is 7. The van der Waals surface area contributed by atoms with Crippen molar-refractivity contribution in [3.05, 3.63) is 47.8 Å². The molecule has 2 aromatic rings. The van der Waals surface area contributed by atoms with E-state index in [2.05, 4.69) is 16.8 Å². The summed E-state index contributed by atoms with van der Waals surface area (Å²) in [7, 11) is 3.08. The molecule has 0 amide bonds. The molecular weight excluding hydrogens is 350 g/mol. The Balaban J connectivity index is 1.82. The number of hydrogen-bond donors (Lipinski definition) is 1. The van der Waals surface area contributed by atoms with Crippen LogP contribution >= 0.6 is 11.8 Å². The number of phenols is 1. The minimum Gasteiger partial charge on any atom is -0.502 e. The van der Waals surface area contributed by atoms with Gasteiger partial charge in [-0.2, -0.15) is 0 Å². The highest BCUT2D eigenvalue weighted by molar-refractivity contribution is 8.14. The zero-order valence-corrected chi connectivity index (χ0v) is 15.7. The molecule has 0 radical (unpaired) electrons. The third-order valence-corrected chi connectivity index (χ3v) is 5.83. The lowest BCUT2D eigenvalue weighted by molar-refractivity contribution is 0.311. The molecule has 1 aromatic heterocycles. The molecule has 3 atom stereocenters. The fourth-order valence-electron chi connectivity index (χ4n) is 3.56. The summed E-state index contributed by atoms with van der Waals surface area (Å²) in [6.45, 7) is 3.12. The molecule has 26 heavy (non-hydrogen) atoms. The first-order valence-electron chi connectivity index (χ1n) is 8.49. The molecule has 0 spiro atoms. The van der Waals surface area contributed by atoms with Gasteiger partial charge in [0, 0.05) is 18.0 Å². The Labute approximate surface area is 156 Å². The third kappa shape index (κ3) is 2.76. The lowest BCUT2D eigenvalue weighted by atomic mass is 9.95. The monoisotopic (exact) mass is 371 g/mol. The van der Waals surface area contributed by atoms with Crippen LogP contribution in [-0.2, 0) is 0 Å². The molecule has 0 unspecified atom stereocenters. The molecule has 1 fully saturated rings. The van der Waals surface area contributed by atoms with Gasteiger partial charge in [-0.05, 0) is 29.8 Å². The first kappa shape index (κ1) is 17.0. The van der Waals surface area contributed by atoms with E-state index < -0.39 is 0 Å². The quantitative estimate of drug-likeness (QED) is 0.889. The summed E-state index contributed by atoms with van der Waals surface area (Å²) in [6.07, 6.45) is 1.80. The van der Waals surface area contributed by atoms with E-state index in [9.17, 15) is 5.11 Å². The second kappa shape index (κ2) is 6.72. The molecule has 2 aliphatic heterocycles. The van der Waals surface area contributed by atoms with Gasteiger partial charge in [-0.1, -0.05) is 24.8 Å². The van der Waals surface area contributed by atoms with Gasteiger partial charge in [0.2, 0.25) is 5.75 Å². The summed E-state index contributed by atoms with van der Waals surface area (Å²) in [4.78, 5) is 11.8. The first-order chi connectivity index (χ1) is 12.6. The summed E-state index contributed by atoms with van der Waals surface area (Å²) >= 11 is 1.79. The molecule has 0 saturated carbocycles. The minimum atomic E-state index is -0.106. The summed E-state index contributed by atoms with van der Waals surface area (Å²) in [6, 6.07) is 9.51. The maximum atomic E-state index is 10.3. The predicted molar refractivity (Wildman–Crippen MR) is 102 cm³/mol. The number of phenolic OH excluding ortho intramolecular Hbond substituents is 1. The van der Waals surface area contributed by atoms with Gasteiger partial charge in [0.15, 0.2) is 16.7 Å². The minimum absolute atomic E-state index is 0.0106. The van der Waals surface area contributed by atoms with Crippen molar-refractivity contribution in [1.82, 2.24) is 9.88 Å². The number of benzene rings is 1. The molecule has 1 N–H and O–H groups in total. The molecule has 2 aliphatic rings. The number of nitrogens with zero attached hydrogens (tertiary/aromatic N) is 3. The SMILES string of the molecule is COc1cc([C@@H]2[C@H](c3ccccn3)N=C3S[C@H](C)CN32)cc(OC)c1O. The van der Waals surface area contributed by atoms with E-state index in [1.54, 1.807) is 32.2 Å². The van der Waals surface area contributed by atoms with E-state index in [1.807, 2.05) is 30.3 Å². The van der Waals surface area contributed by atoms with Gasteiger partial charge in [-0.25, -0.2) is 0 Å². The third-order valence-electron chi connectivity index (χ3n) is 4.72. The molecule has 0 bridgehead atoms. The van der Waals surface area contributed by atoms with Crippen LogP contribution in [0, 0.1) is 0 Å². The number of amidine groups is 1. The molecule has 4 rings (SSSR count). The van der Waals surface area contributed by atoms with Crippen molar-refractivity contribution >= 4 is 16.9 Å². The van der Waals surface area contributed by atoms with Crippen LogP contribution in [0.25, 0.3) is 0 Å². The number of pyridine rings is 1. The van der Waals surface area contributed by atoms with Crippen molar-refractivity contribution in [2.24, 2.45) is 4.99 Å². The van der Waals surface area contributed by atoms with Crippen LogP contribution in [0.15, 0.2) is 41.5 Å². The lowest BCUT2D eigenvalue weighted by Crippen LogP contribution is -2.28. The number of aromatic hydroxyl groups is 1. The zero-order valence-electron chi connectivity index (χ0n) is 14.9. The maximum absolute atomic E-state index is 10.3. The molecule has 0 aliphatic carbocycles. The van der Waals surface area contributed by atoms with Crippen LogP contribution < -0.4 is 9.47 Å². The van der Waals surface area contributed by atoms with Gasteiger partial charge >= 0.3 is 0 Å². The van der Waals surface area contributed by atoms with E-state index >= 15 is 0 Å². The van der Waals surface area contributed by atoms with Crippen molar-refractivity contribution in [2.75, 3.05) is 20.8 Å². The fourth-order valence-corrected chi connectivity index (χ4v) is 4.66. The van der Waals surface area contributed by atoms with E-state index in [-0.39, 0.29) is 17.8 Å². The standard InChI is InChI=1S/C19H21N3O3S/c1-11-10-22-17(12-8-14(24-2)18(23)15(9-12)25-3)16(21-19(22)26-11)13-6-4-5-7-20-13/h4-9,11,16-17,23H,10H2,1-3H3/t11-,16+,17-/m1/s1. The van der Waals surface area contributed by atoms with Gasteiger partial charge in [0.1, 0.15) is 6.04 Å². The number of methoxy groups -OCH3 is 2. The normalized spacial score (nSPS) is 24.3. The Morgan fingerprint density at radius 1 is 1.19 bits per heavy atom. The number of aromatic nitrogens is 1. The van der Waals surface area contributed by atoms with Crippen molar-refractivity contribution in [3.63, 3.8) is 0 Å². The van der Waals surface area contributed by atoms with E-state index in [0.717, 1.165) is 23.0 Å². The van der Waals surface area contributed by atoms with Crippen LogP contribution in [0.5, 0.6) is 17.2 Å². The smallest absolute Gasteiger partial charge is 0.200 e. The van der Waals surface area contributed by atoms with Gasteiger partial charge < -0.3 is 19.5 Å². The average Bonchev–Trinajstić information content (AvgIpc) is 3.18. The Morgan fingerprint density at radius 2 is 1.92 bits per heavy atom. The Bertz CT molecular complexity index is 818. The molecule has 7 heteroatoms. The van der Waals surface area contributed by atoms with Crippen LogP contribution in [0.2, 0.25) is 0 Å². The predicted octanol–water partition coefficient (Wildman–Crippen LogP) is 3.39. The second-order valence-corrected chi connectivity index (χ2v) is 7.82. The van der Waals surface area contributed by atoms with Crippen LogP contribution in [0.1, 0.15) is 30.3 Å². The van der Waals surface area contributed by atoms with Crippen LogP contribution in [-0.4, -0.2) is 46.2 Å². The van der Waals surface area contributed by atoms with Crippen molar-refractivity contribution < 1.29 is 14.6 Å². The van der Waals surface area contributed by atoms with Gasteiger partial charge in [0.05, 0.1) is 26.0 Å². The summed E-state index contributed by atoms with van der Waals surface area (Å²) in [5, 5.41) is 11.8. The fraction of sp³-hybridized carbons (Fsp3) is 0.368.